The van der Waals surface area contributed by atoms with Crippen molar-refractivity contribution >= 4 is 24.0 Å². The lowest BCUT2D eigenvalue weighted by Gasteiger charge is -1.96. The monoisotopic (exact) mass is 205 g/mol. The number of allylic oxidation sites excluding steroid dienone is 1. The van der Waals surface area contributed by atoms with Crippen LogP contribution in [0.4, 0.5) is 0 Å². The van der Waals surface area contributed by atoms with Crippen molar-refractivity contribution in [1.29, 1.82) is 5.26 Å². The molecule has 0 atom stereocenters. The molecule has 0 radical (unpaired) electrons. The molecule has 0 saturated heterocycles. The minimum Gasteiger partial charge on any atom is -0.298 e. The Balaban J connectivity index is 2.93. The molecular formula is C11H8ClNO. The van der Waals surface area contributed by atoms with Gasteiger partial charge in [-0.3, -0.25) is 4.79 Å². The Morgan fingerprint density at radius 2 is 2.07 bits per heavy atom. The van der Waals surface area contributed by atoms with Gasteiger partial charge in [0.15, 0.2) is 0 Å². The summed E-state index contributed by atoms with van der Waals surface area (Å²) in [5.41, 5.74) is 1.36. The van der Waals surface area contributed by atoms with E-state index < -0.39 is 0 Å². The number of halogens is 1. The van der Waals surface area contributed by atoms with Crippen molar-refractivity contribution in [2.45, 2.75) is 6.42 Å². The number of nitrogens with zero attached hydrogens (tertiary/aromatic N) is 1. The summed E-state index contributed by atoms with van der Waals surface area (Å²) in [6.45, 7) is 0. The quantitative estimate of drug-likeness (QED) is 0.712. The summed E-state index contributed by atoms with van der Waals surface area (Å²) in [4.78, 5) is 10.5. The summed E-state index contributed by atoms with van der Waals surface area (Å²) in [6, 6.07) is 7.04. The minimum atomic E-state index is 0.350. The van der Waals surface area contributed by atoms with Crippen molar-refractivity contribution in [2.75, 3.05) is 0 Å². The molecule has 0 aliphatic rings. The summed E-state index contributed by atoms with van der Waals surface area (Å²) in [7, 11) is 0. The average molecular weight is 206 g/mol. The fourth-order valence-electron chi connectivity index (χ4n) is 1.05. The maximum absolute atomic E-state index is 10.5. The number of carbonyl (C=O) groups is 1. The van der Waals surface area contributed by atoms with Gasteiger partial charge >= 0.3 is 0 Å². The second-order valence-electron chi connectivity index (χ2n) is 2.70. The summed E-state index contributed by atoms with van der Waals surface area (Å²) in [5.74, 6) is 0. The number of rotatable bonds is 3. The Kier molecular flexibility index (Phi) is 3.90. The minimum absolute atomic E-state index is 0.350. The Bertz CT molecular complexity index is 404. The number of hydrogen-bond acceptors (Lipinski definition) is 2. The Labute approximate surface area is 87.4 Å². The maximum Gasteiger partial charge on any atom is 0.150 e. The zero-order chi connectivity index (χ0) is 10.4. The van der Waals surface area contributed by atoms with E-state index in [-0.39, 0.29) is 0 Å². The first kappa shape index (κ1) is 10.5. The highest BCUT2D eigenvalue weighted by Gasteiger charge is 1.95. The van der Waals surface area contributed by atoms with Crippen molar-refractivity contribution in [3.8, 4) is 6.07 Å². The van der Waals surface area contributed by atoms with Crippen molar-refractivity contribution < 1.29 is 4.79 Å². The van der Waals surface area contributed by atoms with Gasteiger partial charge in [0.05, 0.1) is 12.5 Å². The van der Waals surface area contributed by atoms with Crippen LogP contribution in [-0.4, -0.2) is 6.29 Å². The van der Waals surface area contributed by atoms with Crippen LogP contribution in [0.5, 0.6) is 0 Å². The van der Waals surface area contributed by atoms with Crippen LogP contribution >= 0.6 is 11.6 Å². The van der Waals surface area contributed by atoms with E-state index in [1.54, 1.807) is 30.4 Å². The molecule has 1 rings (SSSR count). The molecule has 70 valence electrons. The second kappa shape index (κ2) is 5.21. The molecule has 0 aliphatic carbocycles. The lowest BCUT2D eigenvalue weighted by molar-refractivity contribution is 0.112. The van der Waals surface area contributed by atoms with Crippen molar-refractivity contribution in [3.63, 3.8) is 0 Å². The molecule has 0 bridgehead atoms. The predicted octanol–water partition coefficient (Wildman–Crippen LogP) is 3.08. The Hall–Kier alpha value is -1.59. The first-order valence-corrected chi connectivity index (χ1v) is 4.43. The fourth-order valence-corrected chi connectivity index (χ4v) is 1.30. The third kappa shape index (κ3) is 3.04. The predicted molar refractivity (Wildman–Crippen MR) is 56.1 cm³/mol. The van der Waals surface area contributed by atoms with E-state index in [1.807, 2.05) is 6.07 Å². The number of benzene rings is 1. The van der Waals surface area contributed by atoms with Gasteiger partial charge in [-0.15, -0.1) is 0 Å². The molecule has 0 aliphatic heterocycles. The van der Waals surface area contributed by atoms with Crippen LogP contribution in [0.2, 0.25) is 5.02 Å². The molecule has 0 spiro atoms. The molecule has 0 saturated carbocycles. The molecule has 0 aromatic heterocycles. The zero-order valence-corrected chi connectivity index (χ0v) is 8.16. The van der Waals surface area contributed by atoms with Crippen molar-refractivity contribution in [1.82, 2.24) is 0 Å². The van der Waals surface area contributed by atoms with Gasteiger partial charge in [-0.1, -0.05) is 23.8 Å². The van der Waals surface area contributed by atoms with Crippen LogP contribution in [0.3, 0.4) is 0 Å². The first-order valence-electron chi connectivity index (χ1n) is 4.05. The van der Waals surface area contributed by atoms with Crippen LogP contribution in [-0.2, 0) is 0 Å². The first-order chi connectivity index (χ1) is 6.76. The number of aldehydes is 1. The molecule has 1 aromatic rings. The summed E-state index contributed by atoms with van der Waals surface area (Å²) >= 11 is 5.78. The lowest BCUT2D eigenvalue weighted by atomic mass is 10.1. The molecular weight excluding hydrogens is 198 g/mol. The van der Waals surface area contributed by atoms with E-state index >= 15 is 0 Å². The number of carbonyl (C=O) groups excluding carboxylic acids is 1. The molecule has 2 nitrogen and oxygen atoms in total. The van der Waals surface area contributed by atoms with Gasteiger partial charge in [0.2, 0.25) is 0 Å². The van der Waals surface area contributed by atoms with E-state index in [4.69, 9.17) is 16.9 Å². The molecule has 3 heteroatoms. The zero-order valence-electron chi connectivity index (χ0n) is 7.40. The van der Waals surface area contributed by atoms with E-state index in [1.165, 1.54) is 0 Å². The smallest absolute Gasteiger partial charge is 0.150 e. The van der Waals surface area contributed by atoms with Gasteiger partial charge in [0.1, 0.15) is 6.29 Å². The van der Waals surface area contributed by atoms with Crippen LogP contribution in [0, 0.1) is 11.3 Å². The number of hydrogen-bond donors (Lipinski definition) is 0. The third-order valence-electron chi connectivity index (χ3n) is 1.60. The maximum atomic E-state index is 10.5. The van der Waals surface area contributed by atoms with Gasteiger partial charge < -0.3 is 0 Å². The summed E-state index contributed by atoms with van der Waals surface area (Å²) < 4.78 is 0. The highest BCUT2D eigenvalue weighted by Crippen LogP contribution is 2.15. The van der Waals surface area contributed by atoms with Gasteiger partial charge in [-0.25, -0.2) is 0 Å². The van der Waals surface area contributed by atoms with E-state index in [9.17, 15) is 4.79 Å². The van der Waals surface area contributed by atoms with Gasteiger partial charge in [0, 0.05) is 10.6 Å². The van der Waals surface area contributed by atoms with Crippen LogP contribution < -0.4 is 0 Å². The molecule has 0 unspecified atom stereocenters. The van der Waals surface area contributed by atoms with Gasteiger partial charge in [0.25, 0.3) is 0 Å². The summed E-state index contributed by atoms with van der Waals surface area (Å²) in [5, 5.41) is 8.84. The Morgan fingerprint density at radius 1 is 1.36 bits per heavy atom. The van der Waals surface area contributed by atoms with Crippen LogP contribution in [0.1, 0.15) is 22.3 Å². The fraction of sp³-hybridized carbons (Fsp3) is 0.0909. The van der Waals surface area contributed by atoms with Gasteiger partial charge in [-0.05, 0) is 23.8 Å². The normalized spacial score (nSPS) is 10.0. The highest BCUT2D eigenvalue weighted by molar-refractivity contribution is 6.31. The molecule has 0 N–H and O–H groups in total. The van der Waals surface area contributed by atoms with E-state index in [0.29, 0.717) is 17.0 Å². The van der Waals surface area contributed by atoms with E-state index in [2.05, 4.69) is 0 Å². The molecule has 0 amide bonds. The standard InChI is InChI=1S/C11H8ClNO/c12-11-6-9(3-1-2-4-13)5-10(7-11)8-14/h1,3,5-8H,2H2. The average Bonchev–Trinajstić information content (AvgIpc) is 2.17. The summed E-state index contributed by atoms with van der Waals surface area (Å²) in [6.07, 6.45) is 4.58. The largest absolute Gasteiger partial charge is 0.298 e. The van der Waals surface area contributed by atoms with Crippen molar-refractivity contribution in [3.05, 3.63) is 40.4 Å². The third-order valence-corrected chi connectivity index (χ3v) is 1.82. The van der Waals surface area contributed by atoms with Crippen molar-refractivity contribution in [2.24, 2.45) is 0 Å². The SMILES string of the molecule is N#CCC=Cc1cc(Cl)cc(C=O)c1. The highest BCUT2D eigenvalue weighted by atomic mass is 35.5. The second-order valence-corrected chi connectivity index (χ2v) is 3.14. The molecule has 1 aromatic carbocycles. The van der Waals surface area contributed by atoms with Gasteiger partial charge in [-0.2, -0.15) is 5.26 Å². The lowest BCUT2D eigenvalue weighted by Crippen LogP contribution is -1.81. The molecule has 0 heterocycles. The number of nitriles is 1. The molecule has 14 heavy (non-hydrogen) atoms. The topological polar surface area (TPSA) is 40.9 Å². The van der Waals surface area contributed by atoms with Crippen LogP contribution in [0.15, 0.2) is 24.3 Å². The van der Waals surface area contributed by atoms with E-state index in [0.717, 1.165) is 11.8 Å². The Morgan fingerprint density at radius 3 is 2.71 bits per heavy atom. The molecule has 0 fully saturated rings. The van der Waals surface area contributed by atoms with Crippen LogP contribution in [0.25, 0.3) is 6.08 Å².